The molecule has 2 heterocycles. The Morgan fingerprint density at radius 2 is 2.07 bits per heavy atom. The van der Waals surface area contributed by atoms with Crippen molar-refractivity contribution in [3.8, 4) is 17.1 Å². The van der Waals surface area contributed by atoms with Crippen LogP contribution in [-0.2, 0) is 4.74 Å². The molecule has 0 unspecified atom stereocenters. The standard InChI is InChI=1S/C20H26FN3O4/c1-5-27-14-8-10-24(11-9-14)20(25)17-18(28-22-19(17)23(2)3)13-6-7-15(21)16(12-13)26-4/h6-7,12,14H,5,8-11H2,1-4H3. The average Bonchev–Trinajstić information content (AvgIpc) is 3.14. The number of piperidine rings is 1. The summed E-state index contributed by atoms with van der Waals surface area (Å²) in [7, 11) is 4.98. The van der Waals surface area contributed by atoms with E-state index >= 15 is 0 Å². The predicted molar refractivity (Wildman–Crippen MR) is 103 cm³/mol. The number of carbonyl (C=O) groups excluding carboxylic acids is 1. The molecule has 0 spiro atoms. The van der Waals surface area contributed by atoms with Gasteiger partial charge in [0.2, 0.25) is 0 Å². The molecular weight excluding hydrogens is 365 g/mol. The van der Waals surface area contributed by atoms with E-state index in [0.29, 0.717) is 42.4 Å². The van der Waals surface area contributed by atoms with Gasteiger partial charge in [-0.3, -0.25) is 4.79 Å². The quantitative estimate of drug-likeness (QED) is 0.753. The Morgan fingerprint density at radius 3 is 2.68 bits per heavy atom. The maximum atomic E-state index is 13.8. The number of hydrogen-bond donors (Lipinski definition) is 0. The molecule has 1 aromatic carbocycles. The number of nitrogens with zero attached hydrogens (tertiary/aromatic N) is 3. The van der Waals surface area contributed by atoms with Crippen LogP contribution in [0.5, 0.6) is 5.75 Å². The molecule has 1 aliphatic rings. The van der Waals surface area contributed by atoms with Crippen LogP contribution in [0.4, 0.5) is 10.2 Å². The monoisotopic (exact) mass is 391 g/mol. The third-order valence-corrected chi connectivity index (χ3v) is 4.86. The number of carbonyl (C=O) groups is 1. The maximum absolute atomic E-state index is 13.8. The largest absolute Gasteiger partial charge is 0.494 e. The van der Waals surface area contributed by atoms with Crippen LogP contribution in [0.2, 0.25) is 0 Å². The second-order valence-electron chi connectivity index (χ2n) is 6.90. The second kappa shape index (κ2) is 8.60. The van der Waals surface area contributed by atoms with Crippen molar-refractivity contribution in [2.75, 3.05) is 45.8 Å². The molecule has 0 bridgehead atoms. The van der Waals surface area contributed by atoms with Crippen molar-refractivity contribution >= 4 is 11.7 Å². The summed E-state index contributed by atoms with van der Waals surface area (Å²) >= 11 is 0. The van der Waals surface area contributed by atoms with Gasteiger partial charge >= 0.3 is 0 Å². The number of benzene rings is 1. The van der Waals surface area contributed by atoms with E-state index in [1.165, 1.54) is 19.2 Å². The first-order valence-corrected chi connectivity index (χ1v) is 9.38. The number of amides is 1. The molecule has 1 amide bonds. The minimum atomic E-state index is -0.482. The normalized spacial score (nSPS) is 15.0. The summed E-state index contributed by atoms with van der Waals surface area (Å²) in [6.45, 7) is 3.86. The zero-order valence-electron chi connectivity index (χ0n) is 16.7. The lowest BCUT2D eigenvalue weighted by Crippen LogP contribution is -2.41. The molecule has 0 atom stereocenters. The highest BCUT2D eigenvalue weighted by Gasteiger charge is 2.31. The number of likely N-dealkylation sites (tertiary alicyclic amines) is 1. The van der Waals surface area contributed by atoms with Gasteiger partial charge in [-0.25, -0.2) is 4.39 Å². The molecule has 3 rings (SSSR count). The molecule has 1 aliphatic heterocycles. The third kappa shape index (κ3) is 3.96. The first-order chi connectivity index (χ1) is 13.5. The minimum Gasteiger partial charge on any atom is -0.494 e. The van der Waals surface area contributed by atoms with E-state index in [9.17, 15) is 9.18 Å². The van der Waals surface area contributed by atoms with E-state index in [2.05, 4.69) is 5.16 Å². The zero-order valence-corrected chi connectivity index (χ0v) is 16.7. The molecule has 0 saturated carbocycles. The minimum absolute atomic E-state index is 0.0798. The molecule has 7 nitrogen and oxygen atoms in total. The van der Waals surface area contributed by atoms with Crippen molar-refractivity contribution in [1.29, 1.82) is 0 Å². The second-order valence-corrected chi connectivity index (χ2v) is 6.90. The maximum Gasteiger partial charge on any atom is 0.261 e. The van der Waals surface area contributed by atoms with Gasteiger partial charge in [-0.05, 0) is 38.0 Å². The fourth-order valence-corrected chi connectivity index (χ4v) is 3.40. The number of ether oxygens (including phenoxy) is 2. The van der Waals surface area contributed by atoms with Crippen molar-refractivity contribution in [2.24, 2.45) is 0 Å². The summed E-state index contributed by atoms with van der Waals surface area (Å²) in [5.74, 6) is 0.188. The number of methoxy groups -OCH3 is 1. The highest BCUT2D eigenvalue weighted by atomic mass is 19.1. The fraction of sp³-hybridized carbons (Fsp3) is 0.500. The predicted octanol–water partition coefficient (Wildman–Crippen LogP) is 3.20. The van der Waals surface area contributed by atoms with E-state index < -0.39 is 5.82 Å². The van der Waals surface area contributed by atoms with Gasteiger partial charge < -0.3 is 23.8 Å². The number of hydrogen-bond acceptors (Lipinski definition) is 6. The van der Waals surface area contributed by atoms with Crippen molar-refractivity contribution in [3.63, 3.8) is 0 Å². The molecule has 28 heavy (non-hydrogen) atoms. The van der Waals surface area contributed by atoms with Crippen LogP contribution in [0.3, 0.4) is 0 Å². The van der Waals surface area contributed by atoms with Crippen LogP contribution in [0.15, 0.2) is 22.7 Å². The van der Waals surface area contributed by atoms with Gasteiger partial charge in [0.1, 0.15) is 5.56 Å². The Labute approximate surface area is 164 Å². The molecule has 1 saturated heterocycles. The third-order valence-electron chi connectivity index (χ3n) is 4.86. The number of aromatic nitrogens is 1. The van der Waals surface area contributed by atoms with E-state index in [0.717, 1.165) is 12.8 Å². The number of rotatable bonds is 6. The van der Waals surface area contributed by atoms with Gasteiger partial charge in [0, 0.05) is 39.4 Å². The Morgan fingerprint density at radius 1 is 1.36 bits per heavy atom. The average molecular weight is 391 g/mol. The van der Waals surface area contributed by atoms with E-state index in [-0.39, 0.29) is 17.8 Å². The zero-order chi connectivity index (χ0) is 20.3. The van der Waals surface area contributed by atoms with Gasteiger partial charge in [0.05, 0.1) is 13.2 Å². The van der Waals surface area contributed by atoms with Crippen LogP contribution < -0.4 is 9.64 Å². The lowest BCUT2D eigenvalue weighted by atomic mass is 10.0. The molecule has 2 aromatic rings. The van der Waals surface area contributed by atoms with Crippen molar-refractivity contribution in [1.82, 2.24) is 10.1 Å². The lowest BCUT2D eigenvalue weighted by Gasteiger charge is -2.32. The lowest BCUT2D eigenvalue weighted by molar-refractivity contribution is 0.0146. The van der Waals surface area contributed by atoms with Crippen molar-refractivity contribution < 1.29 is 23.2 Å². The highest BCUT2D eigenvalue weighted by molar-refractivity contribution is 6.04. The van der Waals surface area contributed by atoms with E-state index in [4.69, 9.17) is 14.0 Å². The Kier molecular flexibility index (Phi) is 6.18. The molecule has 8 heteroatoms. The fourth-order valence-electron chi connectivity index (χ4n) is 3.40. The first-order valence-electron chi connectivity index (χ1n) is 9.38. The van der Waals surface area contributed by atoms with E-state index in [1.807, 2.05) is 6.92 Å². The van der Waals surface area contributed by atoms with Crippen LogP contribution in [0.1, 0.15) is 30.1 Å². The van der Waals surface area contributed by atoms with Crippen molar-refractivity contribution in [3.05, 3.63) is 29.6 Å². The molecule has 0 radical (unpaired) electrons. The van der Waals surface area contributed by atoms with Crippen LogP contribution >= 0.6 is 0 Å². The van der Waals surface area contributed by atoms with Crippen LogP contribution in [-0.4, -0.2) is 63.0 Å². The Bertz CT molecular complexity index is 829. The topological polar surface area (TPSA) is 68.0 Å². The molecule has 0 N–H and O–H groups in total. The van der Waals surface area contributed by atoms with Crippen molar-refractivity contribution in [2.45, 2.75) is 25.9 Å². The van der Waals surface area contributed by atoms with Crippen LogP contribution in [0, 0.1) is 5.82 Å². The number of halogens is 1. The summed E-state index contributed by atoms with van der Waals surface area (Å²) in [6, 6.07) is 4.34. The van der Waals surface area contributed by atoms with Gasteiger partial charge in [0.25, 0.3) is 5.91 Å². The smallest absolute Gasteiger partial charge is 0.261 e. The summed E-state index contributed by atoms with van der Waals surface area (Å²) in [5.41, 5.74) is 0.903. The summed E-state index contributed by atoms with van der Waals surface area (Å²) in [4.78, 5) is 16.8. The molecule has 1 fully saturated rings. The summed E-state index contributed by atoms with van der Waals surface area (Å²) in [5, 5.41) is 4.07. The summed E-state index contributed by atoms with van der Waals surface area (Å²) in [6.07, 6.45) is 1.77. The van der Waals surface area contributed by atoms with E-state index in [1.54, 1.807) is 30.0 Å². The van der Waals surface area contributed by atoms with Gasteiger partial charge in [-0.15, -0.1) is 0 Å². The number of anilines is 1. The van der Waals surface area contributed by atoms with Gasteiger partial charge in [-0.2, -0.15) is 0 Å². The SMILES string of the molecule is CCOC1CCN(C(=O)c2c(N(C)C)noc2-c2ccc(F)c(OC)c2)CC1. The van der Waals surface area contributed by atoms with Gasteiger partial charge in [0.15, 0.2) is 23.1 Å². The summed E-state index contributed by atoms with van der Waals surface area (Å²) < 4.78 is 30.0. The molecule has 0 aliphatic carbocycles. The molecular formula is C20H26FN3O4. The molecule has 1 aromatic heterocycles. The Balaban J connectivity index is 1.94. The highest BCUT2D eigenvalue weighted by Crippen LogP contribution is 2.34. The van der Waals surface area contributed by atoms with Crippen LogP contribution in [0.25, 0.3) is 11.3 Å². The van der Waals surface area contributed by atoms with Gasteiger partial charge in [-0.1, -0.05) is 5.16 Å². The first kappa shape index (κ1) is 20.1. The molecule has 152 valence electrons. The Hall–Kier alpha value is -2.61.